The smallest absolute Gasteiger partial charge is 0.207 e. The minimum Gasteiger partial charge on any atom is -0.394 e. The maximum atomic E-state index is 10.0. The average Bonchev–Trinajstić information content (AvgIpc) is 2.19. The zero-order valence-electron chi connectivity index (χ0n) is 8.86. The van der Waals surface area contributed by atoms with Crippen LogP contribution >= 0.6 is 0 Å². The molecule has 0 aromatic rings. The van der Waals surface area contributed by atoms with Gasteiger partial charge in [0.1, 0.15) is 0 Å². The number of aliphatic hydroxyl groups is 1. The van der Waals surface area contributed by atoms with Crippen LogP contribution in [0.1, 0.15) is 13.8 Å². The molecule has 0 aliphatic carbocycles. The number of carbonyl (C=O) groups excluding carboxylic acids is 1. The largest absolute Gasteiger partial charge is 0.394 e. The van der Waals surface area contributed by atoms with Crippen LogP contribution in [0.25, 0.3) is 0 Å². The highest BCUT2D eigenvalue weighted by atomic mass is 16.3. The van der Waals surface area contributed by atoms with Crippen LogP contribution in [0, 0.1) is 0 Å². The summed E-state index contributed by atoms with van der Waals surface area (Å²) in [4.78, 5) is 10.0. The molecule has 0 radical (unpaired) electrons. The molecule has 0 bridgehead atoms. The van der Waals surface area contributed by atoms with E-state index in [-0.39, 0.29) is 12.6 Å². The summed E-state index contributed by atoms with van der Waals surface area (Å²) >= 11 is 0. The maximum absolute atomic E-state index is 10.0. The molecule has 0 fully saturated rings. The molecule has 0 saturated heterocycles. The molecule has 80 valence electrons. The van der Waals surface area contributed by atoms with Crippen LogP contribution in [0.5, 0.6) is 0 Å². The summed E-state index contributed by atoms with van der Waals surface area (Å²) in [5, 5.41) is 11.2. The van der Waals surface area contributed by atoms with Crippen LogP contribution in [0.2, 0.25) is 0 Å². The van der Waals surface area contributed by atoms with Crippen LogP contribution in [-0.4, -0.2) is 24.2 Å². The van der Waals surface area contributed by atoms with Crippen molar-refractivity contribution in [2.24, 2.45) is 0 Å². The first-order valence-corrected chi connectivity index (χ1v) is 4.37. The highest BCUT2D eigenvalue weighted by Crippen LogP contribution is 2.01. The number of hydrogen-bond donors (Lipinski definition) is 2. The Morgan fingerprint density at radius 3 is 2.21 bits per heavy atom. The van der Waals surface area contributed by atoms with E-state index in [1.165, 1.54) is 0 Å². The predicted octanol–water partition coefficient (Wildman–Crippen LogP) is 1.42. The Labute approximate surface area is 85.8 Å². The highest BCUT2D eigenvalue weighted by Gasteiger charge is 2.06. The zero-order chi connectivity index (χ0) is 11.4. The lowest BCUT2D eigenvalue weighted by molar-refractivity contribution is -0.110. The molecule has 0 aromatic carbocycles. The van der Waals surface area contributed by atoms with Crippen molar-refractivity contribution >= 4 is 6.41 Å². The van der Waals surface area contributed by atoms with Crippen LogP contribution in [0.15, 0.2) is 37.0 Å². The van der Waals surface area contributed by atoms with E-state index in [2.05, 4.69) is 18.5 Å². The van der Waals surface area contributed by atoms with E-state index in [0.717, 1.165) is 5.57 Å². The van der Waals surface area contributed by atoms with Crippen LogP contribution in [0.4, 0.5) is 0 Å². The Morgan fingerprint density at radius 2 is 2.00 bits per heavy atom. The summed E-state index contributed by atoms with van der Waals surface area (Å²) < 4.78 is 0. The zero-order valence-corrected chi connectivity index (χ0v) is 8.86. The number of hydrogen-bond acceptors (Lipinski definition) is 2. The lowest BCUT2D eigenvalue weighted by Gasteiger charge is -2.13. The number of carbonyl (C=O) groups is 1. The third-order valence-corrected chi connectivity index (χ3v) is 1.42. The normalized spacial score (nSPS) is 11.8. The van der Waals surface area contributed by atoms with Gasteiger partial charge in [0.15, 0.2) is 0 Å². The van der Waals surface area contributed by atoms with Crippen LogP contribution < -0.4 is 5.32 Å². The Kier molecular flexibility index (Phi) is 12.6. The minimum absolute atomic E-state index is 0.107. The molecule has 2 N–H and O–H groups in total. The van der Waals surface area contributed by atoms with Crippen molar-refractivity contribution in [1.29, 1.82) is 0 Å². The number of rotatable bonds is 5. The molecule has 0 aromatic heterocycles. The Morgan fingerprint density at radius 1 is 1.50 bits per heavy atom. The van der Waals surface area contributed by atoms with Gasteiger partial charge in [-0.05, 0) is 19.4 Å². The quantitative estimate of drug-likeness (QED) is 0.398. The molecule has 1 unspecified atom stereocenters. The van der Waals surface area contributed by atoms with Gasteiger partial charge in [0.2, 0.25) is 6.41 Å². The van der Waals surface area contributed by atoms with E-state index in [4.69, 9.17) is 5.11 Å². The molecule has 1 amide bonds. The van der Waals surface area contributed by atoms with Crippen LogP contribution in [0.3, 0.4) is 0 Å². The summed E-state index contributed by atoms with van der Waals surface area (Å²) in [6.07, 6.45) is 5.72. The van der Waals surface area contributed by atoms with E-state index in [1.807, 2.05) is 13.8 Å². The second kappa shape index (κ2) is 11.6. The minimum atomic E-state index is -0.324. The average molecular weight is 197 g/mol. The Bertz CT molecular complexity index is 197. The van der Waals surface area contributed by atoms with E-state index in [9.17, 15) is 4.79 Å². The standard InChI is InChI=1S/C8H13NO2.C3H6/c1-3-7(4-2)8(5-10)9-6-11;1-3-2/h3-4,6,8,10H,1,5H2,2H3,(H,9,11);3H,1H2,2H3/b7-4+;. The SMILES string of the molecule is C=C/C(=C\C)C(CO)NC=O.C=CC. The van der Waals surface area contributed by atoms with Crippen molar-refractivity contribution in [2.75, 3.05) is 6.61 Å². The summed E-state index contributed by atoms with van der Waals surface area (Å²) in [7, 11) is 0. The van der Waals surface area contributed by atoms with Crippen LogP contribution in [-0.2, 0) is 4.79 Å². The van der Waals surface area contributed by atoms with Crippen molar-refractivity contribution in [3.05, 3.63) is 37.0 Å². The van der Waals surface area contributed by atoms with Gasteiger partial charge in [-0.15, -0.1) is 6.58 Å². The third kappa shape index (κ3) is 7.31. The number of allylic oxidation sites excluding steroid dienone is 2. The fourth-order valence-electron chi connectivity index (χ4n) is 0.798. The van der Waals surface area contributed by atoms with Gasteiger partial charge in [-0.1, -0.05) is 24.8 Å². The first-order valence-electron chi connectivity index (χ1n) is 4.37. The van der Waals surface area contributed by atoms with E-state index < -0.39 is 0 Å². The monoisotopic (exact) mass is 197 g/mol. The lowest BCUT2D eigenvalue weighted by atomic mass is 10.1. The molecule has 0 aliphatic heterocycles. The molecule has 14 heavy (non-hydrogen) atoms. The molecular weight excluding hydrogens is 178 g/mol. The second-order valence-electron chi connectivity index (χ2n) is 2.42. The van der Waals surface area contributed by atoms with Gasteiger partial charge in [-0.2, -0.15) is 0 Å². The fraction of sp³-hybridized carbons (Fsp3) is 0.364. The Hall–Kier alpha value is -1.35. The molecule has 0 heterocycles. The molecule has 0 saturated carbocycles. The lowest BCUT2D eigenvalue weighted by Crippen LogP contribution is -2.32. The molecule has 3 nitrogen and oxygen atoms in total. The van der Waals surface area contributed by atoms with Gasteiger partial charge in [0.25, 0.3) is 0 Å². The molecule has 0 rings (SSSR count). The molecule has 1 atom stereocenters. The van der Waals surface area contributed by atoms with Gasteiger partial charge in [-0.3, -0.25) is 4.79 Å². The summed E-state index contributed by atoms with van der Waals surface area (Å²) in [6.45, 7) is 10.5. The van der Waals surface area contributed by atoms with Crippen molar-refractivity contribution in [3.8, 4) is 0 Å². The number of aliphatic hydroxyl groups excluding tert-OH is 1. The van der Waals surface area contributed by atoms with Gasteiger partial charge in [0.05, 0.1) is 12.6 Å². The van der Waals surface area contributed by atoms with Gasteiger partial charge in [0, 0.05) is 0 Å². The van der Waals surface area contributed by atoms with E-state index in [1.54, 1.807) is 18.2 Å². The number of nitrogens with one attached hydrogen (secondary N) is 1. The summed E-state index contributed by atoms with van der Waals surface area (Å²) in [5.74, 6) is 0. The van der Waals surface area contributed by atoms with Crippen molar-refractivity contribution in [3.63, 3.8) is 0 Å². The van der Waals surface area contributed by atoms with Gasteiger partial charge in [-0.25, -0.2) is 0 Å². The van der Waals surface area contributed by atoms with E-state index in [0.29, 0.717) is 6.41 Å². The van der Waals surface area contributed by atoms with Gasteiger partial charge >= 0.3 is 0 Å². The first-order chi connectivity index (χ1) is 6.71. The summed E-state index contributed by atoms with van der Waals surface area (Å²) in [5.41, 5.74) is 0.819. The molecule has 0 aliphatic rings. The first kappa shape index (κ1) is 15.1. The van der Waals surface area contributed by atoms with Crippen molar-refractivity contribution in [2.45, 2.75) is 19.9 Å². The predicted molar refractivity (Wildman–Crippen MR) is 59.9 cm³/mol. The number of amides is 1. The highest BCUT2D eigenvalue weighted by molar-refractivity contribution is 5.48. The fourth-order valence-corrected chi connectivity index (χ4v) is 0.798. The van der Waals surface area contributed by atoms with Crippen molar-refractivity contribution < 1.29 is 9.90 Å². The molecule has 3 heteroatoms. The second-order valence-corrected chi connectivity index (χ2v) is 2.42. The third-order valence-electron chi connectivity index (χ3n) is 1.42. The Balaban J connectivity index is 0. The van der Waals surface area contributed by atoms with Crippen molar-refractivity contribution in [1.82, 2.24) is 5.32 Å². The topological polar surface area (TPSA) is 49.3 Å². The van der Waals surface area contributed by atoms with E-state index >= 15 is 0 Å². The molecule has 0 spiro atoms. The van der Waals surface area contributed by atoms with Gasteiger partial charge < -0.3 is 10.4 Å². The molecular formula is C11H19NO2. The summed E-state index contributed by atoms with van der Waals surface area (Å²) in [6, 6.07) is -0.324. The maximum Gasteiger partial charge on any atom is 0.207 e.